The number of aliphatic hydroxyl groups excluding tert-OH is 1. The maximum Gasteiger partial charge on any atom is 0.269 e. The molecule has 0 spiro atoms. The van der Waals surface area contributed by atoms with Crippen LogP contribution in [0.5, 0.6) is 5.75 Å². The number of methoxy groups -OCH3 is 1. The van der Waals surface area contributed by atoms with Crippen LogP contribution >= 0.6 is 0 Å². The van der Waals surface area contributed by atoms with Crippen LogP contribution in [0.1, 0.15) is 6.42 Å². The van der Waals surface area contributed by atoms with Crippen LogP contribution in [0.2, 0.25) is 0 Å². The number of hydrogen-bond donors (Lipinski definition) is 2. The number of nitrogens with two attached hydrogens (primary N) is 1. The lowest BCUT2D eigenvalue weighted by Gasteiger charge is -2.34. The van der Waals surface area contributed by atoms with Crippen LogP contribution in [-0.2, 0) is 6.54 Å². The molecule has 1 saturated heterocycles. The Morgan fingerprint density at radius 1 is 1.43 bits per heavy atom. The largest absolute Gasteiger partial charge is 0.497 e. The van der Waals surface area contributed by atoms with Crippen LogP contribution in [0, 0.1) is 0 Å². The van der Waals surface area contributed by atoms with Crippen molar-refractivity contribution in [1.82, 2.24) is 14.5 Å². The van der Waals surface area contributed by atoms with Gasteiger partial charge in [-0.05, 0) is 25.1 Å². The number of benzene rings is 1. The number of likely N-dealkylation sites (tertiary alicyclic amines) is 1. The molecule has 3 N–H and O–H groups in total. The van der Waals surface area contributed by atoms with Crippen LogP contribution in [-0.4, -0.2) is 58.4 Å². The first-order valence-corrected chi connectivity index (χ1v) is 7.78. The third kappa shape index (κ3) is 3.36. The molecule has 2 unspecified atom stereocenters. The van der Waals surface area contributed by atoms with Crippen molar-refractivity contribution in [2.24, 2.45) is 5.73 Å². The number of fused-ring (bicyclic) bond motifs is 1. The SMILES string of the molecule is COc1ccc2ncc(=O)n(CCN3CCC(N)C(O)C3)c2c1. The minimum atomic E-state index is -0.505. The number of nitrogens with zero attached hydrogens (tertiary/aromatic N) is 3. The zero-order valence-corrected chi connectivity index (χ0v) is 13.2. The molecule has 0 bridgehead atoms. The van der Waals surface area contributed by atoms with E-state index >= 15 is 0 Å². The molecule has 2 atom stereocenters. The fraction of sp³-hybridized carbons (Fsp3) is 0.500. The maximum atomic E-state index is 12.2. The Morgan fingerprint density at radius 3 is 3.00 bits per heavy atom. The van der Waals surface area contributed by atoms with Gasteiger partial charge in [-0.15, -0.1) is 0 Å². The second kappa shape index (κ2) is 6.66. The van der Waals surface area contributed by atoms with E-state index in [4.69, 9.17) is 10.5 Å². The van der Waals surface area contributed by atoms with Crippen molar-refractivity contribution >= 4 is 11.0 Å². The van der Waals surface area contributed by atoms with Crippen molar-refractivity contribution < 1.29 is 9.84 Å². The highest BCUT2D eigenvalue weighted by atomic mass is 16.5. The van der Waals surface area contributed by atoms with Gasteiger partial charge in [0.1, 0.15) is 5.75 Å². The highest BCUT2D eigenvalue weighted by molar-refractivity contribution is 5.76. The van der Waals surface area contributed by atoms with E-state index in [1.165, 1.54) is 6.20 Å². The van der Waals surface area contributed by atoms with Gasteiger partial charge in [-0.2, -0.15) is 0 Å². The average molecular weight is 318 g/mol. The van der Waals surface area contributed by atoms with Gasteiger partial charge in [0.25, 0.3) is 5.56 Å². The molecule has 2 aromatic rings. The highest BCUT2D eigenvalue weighted by Gasteiger charge is 2.24. The summed E-state index contributed by atoms with van der Waals surface area (Å²) in [7, 11) is 1.60. The molecule has 0 aliphatic carbocycles. The molecule has 1 aromatic carbocycles. The van der Waals surface area contributed by atoms with Crippen molar-refractivity contribution in [2.75, 3.05) is 26.7 Å². The van der Waals surface area contributed by atoms with E-state index in [-0.39, 0.29) is 11.6 Å². The molecule has 1 aromatic heterocycles. The monoisotopic (exact) mass is 318 g/mol. The lowest BCUT2D eigenvalue weighted by atomic mass is 10.0. The minimum absolute atomic E-state index is 0.139. The molecule has 7 nitrogen and oxygen atoms in total. The molecule has 23 heavy (non-hydrogen) atoms. The van der Waals surface area contributed by atoms with Crippen molar-refractivity contribution in [3.8, 4) is 5.75 Å². The molecule has 2 heterocycles. The number of ether oxygens (including phenoxy) is 1. The normalized spacial score (nSPS) is 22.4. The van der Waals surface area contributed by atoms with Gasteiger partial charge in [0.15, 0.2) is 0 Å². The third-order valence-electron chi connectivity index (χ3n) is 4.41. The second-order valence-corrected chi connectivity index (χ2v) is 5.92. The quantitative estimate of drug-likeness (QED) is 0.811. The summed E-state index contributed by atoms with van der Waals surface area (Å²) in [6, 6.07) is 5.34. The van der Waals surface area contributed by atoms with Gasteiger partial charge in [0.05, 0.1) is 30.4 Å². The summed E-state index contributed by atoms with van der Waals surface area (Å²) >= 11 is 0. The van der Waals surface area contributed by atoms with Crippen LogP contribution < -0.4 is 16.0 Å². The van der Waals surface area contributed by atoms with Crippen LogP contribution in [0.4, 0.5) is 0 Å². The van der Waals surface area contributed by atoms with E-state index in [9.17, 15) is 9.90 Å². The number of β-amino-alcohol motifs (C(OH)–C–C–N with tert-alkyl or cyclic N) is 1. The van der Waals surface area contributed by atoms with Gasteiger partial charge in [-0.25, -0.2) is 4.98 Å². The molecular formula is C16H22N4O3. The van der Waals surface area contributed by atoms with E-state index < -0.39 is 6.10 Å². The fourth-order valence-electron chi connectivity index (χ4n) is 2.96. The Morgan fingerprint density at radius 2 is 2.26 bits per heavy atom. The van der Waals surface area contributed by atoms with E-state index in [2.05, 4.69) is 9.88 Å². The smallest absolute Gasteiger partial charge is 0.269 e. The first-order chi connectivity index (χ1) is 11.1. The summed E-state index contributed by atoms with van der Waals surface area (Å²) in [6.45, 7) is 2.59. The Labute approximate surface area is 134 Å². The molecule has 3 rings (SSSR count). The lowest BCUT2D eigenvalue weighted by molar-refractivity contribution is 0.0520. The van der Waals surface area contributed by atoms with Gasteiger partial charge in [0.2, 0.25) is 0 Å². The standard InChI is InChI=1S/C16H22N4O3/c1-23-11-2-3-13-14(8-11)20(16(22)9-18-13)7-6-19-5-4-12(17)15(21)10-19/h2-3,8-9,12,15,21H,4-7,10,17H2,1H3. The van der Waals surface area contributed by atoms with Crippen molar-refractivity contribution in [3.05, 3.63) is 34.7 Å². The topological polar surface area (TPSA) is 93.6 Å². The fourth-order valence-corrected chi connectivity index (χ4v) is 2.96. The van der Waals surface area contributed by atoms with Gasteiger partial charge in [-0.3, -0.25) is 9.69 Å². The van der Waals surface area contributed by atoms with Crippen LogP contribution in [0.3, 0.4) is 0 Å². The Kier molecular flexibility index (Phi) is 4.61. The predicted octanol–water partition coefficient (Wildman–Crippen LogP) is -0.201. The first-order valence-electron chi connectivity index (χ1n) is 7.78. The number of aliphatic hydroxyl groups is 1. The molecule has 1 aliphatic heterocycles. The minimum Gasteiger partial charge on any atom is -0.497 e. The van der Waals surface area contributed by atoms with Crippen molar-refractivity contribution in [1.29, 1.82) is 0 Å². The lowest BCUT2D eigenvalue weighted by Crippen LogP contribution is -2.51. The molecule has 7 heteroatoms. The van der Waals surface area contributed by atoms with E-state index in [1.54, 1.807) is 11.7 Å². The third-order valence-corrected chi connectivity index (χ3v) is 4.41. The summed E-state index contributed by atoms with van der Waals surface area (Å²) in [4.78, 5) is 18.5. The average Bonchev–Trinajstić information content (AvgIpc) is 2.56. The van der Waals surface area contributed by atoms with Gasteiger partial charge in [0, 0.05) is 31.7 Å². The summed E-state index contributed by atoms with van der Waals surface area (Å²) in [5.74, 6) is 0.693. The first kappa shape index (κ1) is 15.9. The van der Waals surface area contributed by atoms with E-state index in [0.29, 0.717) is 25.4 Å². The number of piperidine rings is 1. The number of hydrogen-bond acceptors (Lipinski definition) is 6. The molecule has 124 valence electrons. The van der Waals surface area contributed by atoms with Gasteiger partial charge < -0.3 is 20.1 Å². The van der Waals surface area contributed by atoms with Crippen LogP contribution in [0.15, 0.2) is 29.2 Å². The summed E-state index contributed by atoms with van der Waals surface area (Å²) in [5.41, 5.74) is 7.20. The number of aromatic nitrogens is 2. The zero-order valence-electron chi connectivity index (χ0n) is 13.2. The molecule has 1 aliphatic rings. The van der Waals surface area contributed by atoms with Crippen molar-refractivity contribution in [3.63, 3.8) is 0 Å². The molecule has 0 radical (unpaired) electrons. The van der Waals surface area contributed by atoms with Gasteiger partial charge >= 0.3 is 0 Å². The summed E-state index contributed by atoms with van der Waals surface area (Å²) in [6.07, 6.45) is 1.60. The van der Waals surface area contributed by atoms with E-state index in [1.807, 2.05) is 18.2 Å². The number of rotatable bonds is 4. The van der Waals surface area contributed by atoms with Crippen molar-refractivity contribution in [2.45, 2.75) is 25.1 Å². The molecule has 1 fully saturated rings. The molecule has 0 amide bonds. The zero-order chi connectivity index (χ0) is 16.4. The molecule has 0 saturated carbocycles. The highest BCUT2D eigenvalue weighted by Crippen LogP contribution is 2.18. The second-order valence-electron chi connectivity index (χ2n) is 5.92. The Balaban J connectivity index is 1.82. The Hall–Kier alpha value is -1.96. The summed E-state index contributed by atoms with van der Waals surface area (Å²) in [5, 5.41) is 9.88. The maximum absolute atomic E-state index is 12.2. The van der Waals surface area contributed by atoms with Gasteiger partial charge in [-0.1, -0.05) is 0 Å². The Bertz CT molecular complexity index is 746. The summed E-state index contributed by atoms with van der Waals surface area (Å²) < 4.78 is 6.94. The predicted molar refractivity (Wildman–Crippen MR) is 87.6 cm³/mol. The van der Waals surface area contributed by atoms with Crippen LogP contribution in [0.25, 0.3) is 11.0 Å². The van der Waals surface area contributed by atoms with E-state index in [0.717, 1.165) is 24.0 Å². The molecular weight excluding hydrogens is 296 g/mol.